The number of hydrogen-bond acceptors (Lipinski definition) is 2. The third-order valence-electron chi connectivity index (χ3n) is 2.90. The topological polar surface area (TPSA) is 26.3 Å². The van der Waals surface area contributed by atoms with E-state index >= 15 is 0 Å². The molecular formula is C14H18O2. The first-order valence-corrected chi connectivity index (χ1v) is 5.41. The molecular weight excluding hydrogens is 200 g/mol. The minimum Gasteiger partial charge on any atom is -0.469 e. The molecule has 0 fully saturated rings. The van der Waals surface area contributed by atoms with Gasteiger partial charge in [-0.25, -0.2) is 0 Å². The lowest BCUT2D eigenvalue weighted by Gasteiger charge is -2.09. The minimum atomic E-state index is -0.203. The van der Waals surface area contributed by atoms with Gasteiger partial charge in [0.15, 0.2) is 0 Å². The number of hydrogen-bond donors (Lipinski definition) is 0. The summed E-state index contributed by atoms with van der Waals surface area (Å²) in [4.78, 5) is 11.5. The summed E-state index contributed by atoms with van der Waals surface area (Å²) in [6.45, 7) is 5.84. The van der Waals surface area contributed by atoms with Crippen LogP contribution in [0.2, 0.25) is 0 Å². The van der Waals surface area contributed by atoms with E-state index in [2.05, 4.69) is 0 Å². The summed E-state index contributed by atoms with van der Waals surface area (Å²) in [6, 6.07) is 8.05. The largest absolute Gasteiger partial charge is 0.469 e. The van der Waals surface area contributed by atoms with Crippen LogP contribution in [0.25, 0.3) is 11.6 Å². The summed E-state index contributed by atoms with van der Waals surface area (Å²) in [5.41, 5.74) is 1.04. The van der Waals surface area contributed by atoms with Crippen LogP contribution in [-0.4, -0.2) is 13.1 Å². The lowest BCUT2D eigenvalue weighted by molar-refractivity contribution is -0.142. The summed E-state index contributed by atoms with van der Waals surface area (Å²) in [7, 11) is 1.42. The molecule has 0 aromatic heterocycles. The molecule has 1 atom stereocenters. The molecule has 1 rings (SSSR count). The lowest BCUT2D eigenvalue weighted by atomic mass is 9.99. The van der Waals surface area contributed by atoms with Crippen molar-refractivity contribution in [1.82, 2.24) is 0 Å². The molecule has 0 heterocycles. The van der Waals surface area contributed by atoms with Crippen molar-refractivity contribution in [2.45, 2.75) is 20.8 Å². The maximum absolute atomic E-state index is 11.5. The predicted octanol–water partition coefficient (Wildman–Crippen LogP) is 1.47. The Bertz CT molecular complexity index is 486. The Morgan fingerprint density at radius 1 is 1.38 bits per heavy atom. The molecule has 0 aliphatic rings. The van der Waals surface area contributed by atoms with Crippen molar-refractivity contribution in [3.63, 3.8) is 0 Å². The van der Waals surface area contributed by atoms with Crippen LogP contribution in [0.15, 0.2) is 24.3 Å². The number of methoxy groups -OCH3 is 1. The highest BCUT2D eigenvalue weighted by Gasteiger charge is 2.15. The zero-order valence-corrected chi connectivity index (χ0v) is 10.3. The van der Waals surface area contributed by atoms with Crippen molar-refractivity contribution < 1.29 is 9.53 Å². The number of benzene rings is 1. The second-order valence-corrected chi connectivity index (χ2v) is 3.80. The molecule has 0 aliphatic heterocycles. The predicted molar refractivity (Wildman–Crippen MR) is 66.1 cm³/mol. The van der Waals surface area contributed by atoms with Gasteiger partial charge in [-0.15, -0.1) is 0 Å². The molecule has 2 nitrogen and oxygen atoms in total. The number of esters is 1. The maximum atomic E-state index is 11.5. The number of ether oxygens (including phenoxy) is 1. The molecule has 0 aliphatic carbocycles. The summed E-state index contributed by atoms with van der Waals surface area (Å²) in [6.07, 6.45) is 2.04. The van der Waals surface area contributed by atoms with E-state index in [1.165, 1.54) is 7.11 Å². The van der Waals surface area contributed by atoms with Crippen molar-refractivity contribution in [1.29, 1.82) is 0 Å². The Kier molecular flexibility index (Phi) is 4.29. The molecule has 16 heavy (non-hydrogen) atoms. The molecule has 0 amide bonds. The first-order chi connectivity index (χ1) is 7.61. The molecule has 0 saturated carbocycles. The number of carbonyl (C=O) groups is 1. The van der Waals surface area contributed by atoms with Crippen molar-refractivity contribution in [2.24, 2.45) is 5.92 Å². The monoisotopic (exact) mass is 218 g/mol. The van der Waals surface area contributed by atoms with Crippen LogP contribution in [-0.2, 0) is 9.53 Å². The molecule has 86 valence electrons. The highest BCUT2D eigenvalue weighted by atomic mass is 16.5. The Hall–Kier alpha value is -1.57. The second-order valence-electron chi connectivity index (χ2n) is 3.80. The Balaban J connectivity index is 3.38. The number of carbonyl (C=O) groups excluding carboxylic acids is 1. The molecule has 0 N–H and O–H groups in total. The molecule has 2 heteroatoms. The van der Waals surface area contributed by atoms with Gasteiger partial charge in [0.25, 0.3) is 0 Å². The Labute approximate surface area is 96.2 Å². The van der Waals surface area contributed by atoms with Gasteiger partial charge in [-0.1, -0.05) is 35.9 Å². The fourth-order valence-corrected chi connectivity index (χ4v) is 1.69. The molecule has 1 aromatic rings. The van der Waals surface area contributed by atoms with Gasteiger partial charge in [0, 0.05) is 0 Å². The first-order valence-electron chi connectivity index (χ1n) is 5.41. The normalized spacial score (nSPS) is 15.6. The first kappa shape index (κ1) is 12.5. The van der Waals surface area contributed by atoms with Gasteiger partial charge in [-0.2, -0.15) is 0 Å². The van der Waals surface area contributed by atoms with Crippen molar-refractivity contribution in [3.8, 4) is 0 Å². The summed E-state index contributed by atoms with van der Waals surface area (Å²) in [5.74, 6) is -0.394. The van der Waals surface area contributed by atoms with E-state index in [9.17, 15) is 4.79 Å². The third kappa shape index (κ3) is 2.51. The average Bonchev–Trinajstić information content (AvgIpc) is 2.35. The Morgan fingerprint density at radius 3 is 2.56 bits per heavy atom. The van der Waals surface area contributed by atoms with Crippen LogP contribution in [0.4, 0.5) is 0 Å². The van der Waals surface area contributed by atoms with Gasteiger partial charge < -0.3 is 4.74 Å². The summed E-state index contributed by atoms with van der Waals surface area (Å²) < 4.78 is 4.76. The smallest absolute Gasteiger partial charge is 0.312 e. The van der Waals surface area contributed by atoms with Crippen molar-refractivity contribution in [3.05, 3.63) is 34.7 Å². The fraction of sp³-hybridized carbons (Fsp3) is 0.357. The van der Waals surface area contributed by atoms with E-state index in [0.29, 0.717) is 0 Å². The van der Waals surface area contributed by atoms with Gasteiger partial charge >= 0.3 is 5.97 Å². The van der Waals surface area contributed by atoms with Crippen LogP contribution < -0.4 is 10.4 Å². The van der Waals surface area contributed by atoms with Crippen LogP contribution in [0.1, 0.15) is 20.8 Å². The molecule has 0 radical (unpaired) electrons. The van der Waals surface area contributed by atoms with Crippen molar-refractivity contribution in [2.75, 3.05) is 7.11 Å². The van der Waals surface area contributed by atoms with E-state index in [1.54, 1.807) is 0 Å². The number of rotatable bonds is 2. The van der Waals surface area contributed by atoms with Crippen LogP contribution in [0.3, 0.4) is 0 Å². The molecule has 0 spiro atoms. The standard InChI is InChI=1S/C14H18O2/c1-5-12-8-6-7-9-13(12)10(2)11(3)14(15)16-4/h5-9,11H,1-4H3. The summed E-state index contributed by atoms with van der Waals surface area (Å²) in [5, 5.41) is 2.26. The zero-order chi connectivity index (χ0) is 12.1. The second kappa shape index (κ2) is 5.50. The maximum Gasteiger partial charge on any atom is 0.312 e. The van der Waals surface area contributed by atoms with Crippen LogP contribution in [0, 0.1) is 5.92 Å². The zero-order valence-electron chi connectivity index (χ0n) is 10.3. The Morgan fingerprint density at radius 2 is 2.00 bits per heavy atom. The molecule has 0 bridgehead atoms. The SMILES string of the molecule is CC=c1ccccc1=C(C)C(C)C(=O)OC. The molecule has 1 aromatic carbocycles. The van der Waals surface area contributed by atoms with Gasteiger partial charge in [0.2, 0.25) is 0 Å². The fourth-order valence-electron chi connectivity index (χ4n) is 1.69. The van der Waals surface area contributed by atoms with Crippen LogP contribution >= 0.6 is 0 Å². The molecule has 0 saturated heterocycles. The van der Waals surface area contributed by atoms with Gasteiger partial charge in [-0.3, -0.25) is 4.79 Å². The highest BCUT2D eigenvalue weighted by molar-refractivity contribution is 5.82. The van der Waals surface area contributed by atoms with E-state index < -0.39 is 0 Å². The van der Waals surface area contributed by atoms with Gasteiger partial charge in [0.05, 0.1) is 13.0 Å². The van der Waals surface area contributed by atoms with E-state index in [-0.39, 0.29) is 11.9 Å². The van der Waals surface area contributed by atoms with Crippen LogP contribution in [0.5, 0.6) is 0 Å². The third-order valence-corrected chi connectivity index (χ3v) is 2.90. The van der Waals surface area contributed by atoms with Crippen molar-refractivity contribution >= 4 is 17.6 Å². The lowest BCUT2D eigenvalue weighted by Crippen LogP contribution is -2.29. The molecule has 1 unspecified atom stereocenters. The summed E-state index contributed by atoms with van der Waals surface area (Å²) >= 11 is 0. The quantitative estimate of drug-likeness (QED) is 0.703. The average molecular weight is 218 g/mol. The van der Waals surface area contributed by atoms with E-state index in [1.807, 2.05) is 51.1 Å². The van der Waals surface area contributed by atoms with E-state index in [0.717, 1.165) is 16.0 Å². The van der Waals surface area contributed by atoms with Gasteiger partial charge in [-0.05, 0) is 31.2 Å². The van der Waals surface area contributed by atoms with Gasteiger partial charge in [0.1, 0.15) is 0 Å². The highest BCUT2D eigenvalue weighted by Crippen LogP contribution is 2.09. The minimum absolute atomic E-state index is 0.191. The van der Waals surface area contributed by atoms with E-state index in [4.69, 9.17) is 4.74 Å².